The molecule has 0 fully saturated rings. The van der Waals surface area contributed by atoms with E-state index in [1.165, 1.54) is 12.8 Å². The Balaban J connectivity index is 3.20. The molecule has 0 N–H and O–H groups in total. The Morgan fingerprint density at radius 2 is 1.88 bits per heavy atom. The first-order valence-corrected chi connectivity index (χ1v) is 3.27. The van der Waals surface area contributed by atoms with Crippen LogP contribution in [-0.4, -0.2) is 13.3 Å². The SMILES string of the molecule is C=NCC(CC)CC. The van der Waals surface area contributed by atoms with E-state index in [0.29, 0.717) is 0 Å². The van der Waals surface area contributed by atoms with Crippen LogP contribution in [0.25, 0.3) is 0 Å². The highest BCUT2D eigenvalue weighted by molar-refractivity contribution is 5.23. The van der Waals surface area contributed by atoms with Crippen LogP contribution in [-0.2, 0) is 0 Å². The van der Waals surface area contributed by atoms with E-state index in [1.54, 1.807) is 0 Å². The Kier molecular flexibility index (Phi) is 4.62. The van der Waals surface area contributed by atoms with Gasteiger partial charge in [0.15, 0.2) is 0 Å². The van der Waals surface area contributed by atoms with Crippen molar-refractivity contribution in [3.05, 3.63) is 0 Å². The van der Waals surface area contributed by atoms with Crippen molar-refractivity contribution >= 4 is 6.72 Å². The molecule has 0 saturated heterocycles. The maximum absolute atomic E-state index is 3.83. The summed E-state index contributed by atoms with van der Waals surface area (Å²) < 4.78 is 0. The minimum absolute atomic E-state index is 0.771. The average Bonchev–Trinajstić information content (AvgIpc) is 1.83. The van der Waals surface area contributed by atoms with Crippen LogP contribution >= 0.6 is 0 Å². The molecule has 0 aliphatic heterocycles. The van der Waals surface area contributed by atoms with Gasteiger partial charge in [-0.2, -0.15) is 0 Å². The first kappa shape index (κ1) is 7.67. The first-order valence-electron chi connectivity index (χ1n) is 3.27. The third-order valence-electron chi connectivity index (χ3n) is 1.54. The van der Waals surface area contributed by atoms with Gasteiger partial charge in [-0.1, -0.05) is 26.7 Å². The van der Waals surface area contributed by atoms with Crippen LogP contribution in [0.2, 0.25) is 0 Å². The van der Waals surface area contributed by atoms with Crippen molar-refractivity contribution in [3.63, 3.8) is 0 Å². The van der Waals surface area contributed by atoms with Gasteiger partial charge in [-0.25, -0.2) is 0 Å². The predicted octanol–water partition coefficient (Wildman–Crippen LogP) is 2.12. The molecule has 1 nitrogen and oxygen atoms in total. The highest BCUT2D eigenvalue weighted by Crippen LogP contribution is 2.06. The molecular weight excluding hydrogens is 98.1 g/mol. The molecule has 0 bridgehead atoms. The molecule has 0 saturated carbocycles. The van der Waals surface area contributed by atoms with Gasteiger partial charge in [-0.3, -0.25) is 0 Å². The fourth-order valence-corrected chi connectivity index (χ4v) is 0.729. The molecule has 0 aliphatic rings. The summed E-state index contributed by atoms with van der Waals surface area (Å²) in [4.78, 5) is 3.83. The van der Waals surface area contributed by atoms with Gasteiger partial charge < -0.3 is 4.99 Å². The summed E-state index contributed by atoms with van der Waals surface area (Å²) in [7, 11) is 0. The third kappa shape index (κ3) is 2.78. The summed E-state index contributed by atoms with van der Waals surface area (Å²) in [5.41, 5.74) is 0. The van der Waals surface area contributed by atoms with E-state index in [0.717, 1.165) is 12.5 Å². The van der Waals surface area contributed by atoms with Gasteiger partial charge in [0.05, 0.1) is 0 Å². The van der Waals surface area contributed by atoms with Crippen molar-refractivity contribution in [2.45, 2.75) is 26.7 Å². The number of hydrogen-bond donors (Lipinski definition) is 0. The molecule has 0 aromatic rings. The fourth-order valence-electron chi connectivity index (χ4n) is 0.729. The monoisotopic (exact) mass is 113 g/mol. The van der Waals surface area contributed by atoms with Crippen molar-refractivity contribution in [3.8, 4) is 0 Å². The second-order valence-corrected chi connectivity index (χ2v) is 2.09. The van der Waals surface area contributed by atoms with E-state index in [4.69, 9.17) is 0 Å². The lowest BCUT2D eigenvalue weighted by Crippen LogP contribution is -1.99. The van der Waals surface area contributed by atoms with Crippen molar-refractivity contribution in [2.24, 2.45) is 10.9 Å². The van der Waals surface area contributed by atoms with Crippen LogP contribution in [0.3, 0.4) is 0 Å². The van der Waals surface area contributed by atoms with Gasteiger partial charge in [-0.05, 0) is 12.6 Å². The molecule has 0 radical (unpaired) electrons. The molecular formula is C7H15N. The van der Waals surface area contributed by atoms with Crippen molar-refractivity contribution < 1.29 is 0 Å². The van der Waals surface area contributed by atoms with Gasteiger partial charge in [0, 0.05) is 6.54 Å². The van der Waals surface area contributed by atoms with E-state index < -0.39 is 0 Å². The molecule has 0 heterocycles. The van der Waals surface area contributed by atoms with E-state index in [2.05, 4.69) is 25.6 Å². The third-order valence-corrected chi connectivity index (χ3v) is 1.54. The minimum Gasteiger partial charge on any atom is -0.301 e. The lowest BCUT2D eigenvalue weighted by Gasteiger charge is -2.05. The van der Waals surface area contributed by atoms with Crippen LogP contribution in [0.15, 0.2) is 4.99 Å². The molecule has 0 unspecified atom stereocenters. The zero-order chi connectivity index (χ0) is 6.41. The van der Waals surface area contributed by atoms with Crippen molar-refractivity contribution in [2.75, 3.05) is 6.54 Å². The molecule has 1 heteroatoms. The molecule has 0 amide bonds. The van der Waals surface area contributed by atoms with Crippen molar-refractivity contribution in [1.82, 2.24) is 0 Å². The van der Waals surface area contributed by atoms with E-state index in [-0.39, 0.29) is 0 Å². The largest absolute Gasteiger partial charge is 0.301 e. The van der Waals surface area contributed by atoms with Gasteiger partial charge in [0.25, 0.3) is 0 Å². The molecule has 0 aromatic heterocycles. The lowest BCUT2D eigenvalue weighted by molar-refractivity contribution is 0.507. The lowest BCUT2D eigenvalue weighted by atomic mass is 10.0. The van der Waals surface area contributed by atoms with Crippen LogP contribution in [0.5, 0.6) is 0 Å². The Labute approximate surface area is 51.8 Å². The van der Waals surface area contributed by atoms with Gasteiger partial charge in [0.1, 0.15) is 0 Å². The Bertz CT molecular complexity index is 55.4. The highest BCUT2D eigenvalue weighted by atomic mass is 14.7. The quantitative estimate of drug-likeness (QED) is 0.495. The van der Waals surface area contributed by atoms with Crippen LogP contribution < -0.4 is 0 Å². The molecule has 0 aromatic carbocycles. The Morgan fingerprint density at radius 1 is 1.38 bits per heavy atom. The van der Waals surface area contributed by atoms with Gasteiger partial charge >= 0.3 is 0 Å². The topological polar surface area (TPSA) is 12.4 Å². The fraction of sp³-hybridized carbons (Fsp3) is 0.857. The molecule has 8 heavy (non-hydrogen) atoms. The Morgan fingerprint density at radius 3 is 2.00 bits per heavy atom. The zero-order valence-corrected chi connectivity index (χ0v) is 5.85. The van der Waals surface area contributed by atoms with Crippen molar-refractivity contribution in [1.29, 1.82) is 0 Å². The molecule has 48 valence electrons. The normalized spacial score (nSPS) is 9.88. The van der Waals surface area contributed by atoms with E-state index in [9.17, 15) is 0 Å². The maximum Gasteiger partial charge on any atom is 0.0410 e. The minimum atomic E-state index is 0.771. The average molecular weight is 113 g/mol. The Hall–Kier alpha value is -0.330. The summed E-state index contributed by atoms with van der Waals surface area (Å²) in [6.45, 7) is 8.77. The van der Waals surface area contributed by atoms with E-state index in [1.807, 2.05) is 0 Å². The maximum atomic E-state index is 3.83. The first-order chi connectivity index (χ1) is 3.85. The molecule has 0 spiro atoms. The number of rotatable bonds is 4. The molecule has 0 atom stereocenters. The highest BCUT2D eigenvalue weighted by Gasteiger charge is 1.98. The second-order valence-electron chi connectivity index (χ2n) is 2.09. The zero-order valence-electron chi connectivity index (χ0n) is 5.85. The summed E-state index contributed by atoms with van der Waals surface area (Å²) in [5.74, 6) is 0.771. The summed E-state index contributed by atoms with van der Waals surface area (Å²) in [6, 6.07) is 0. The van der Waals surface area contributed by atoms with Gasteiger partial charge in [0.2, 0.25) is 0 Å². The van der Waals surface area contributed by atoms with Crippen LogP contribution in [0.4, 0.5) is 0 Å². The van der Waals surface area contributed by atoms with E-state index >= 15 is 0 Å². The summed E-state index contributed by atoms with van der Waals surface area (Å²) >= 11 is 0. The number of hydrogen-bond acceptors (Lipinski definition) is 1. The predicted molar refractivity (Wildman–Crippen MR) is 38.5 cm³/mol. The summed E-state index contributed by atoms with van der Waals surface area (Å²) in [5, 5.41) is 0. The summed E-state index contributed by atoms with van der Waals surface area (Å²) in [6.07, 6.45) is 2.46. The smallest absolute Gasteiger partial charge is 0.0410 e. The molecule has 0 aliphatic carbocycles. The second kappa shape index (κ2) is 4.82. The van der Waals surface area contributed by atoms with Crippen LogP contribution in [0.1, 0.15) is 26.7 Å². The standard InChI is InChI=1S/C7H15N/c1-4-7(5-2)6-8-3/h7H,3-6H2,1-2H3. The number of aliphatic imine (C=N–C) groups is 1. The number of nitrogens with zero attached hydrogens (tertiary/aromatic N) is 1. The van der Waals surface area contributed by atoms with Gasteiger partial charge in [-0.15, -0.1) is 0 Å². The molecule has 0 rings (SSSR count). The van der Waals surface area contributed by atoms with Crippen LogP contribution in [0, 0.1) is 5.92 Å².